The van der Waals surface area contributed by atoms with E-state index in [1.54, 1.807) is 42.5 Å². The fraction of sp³-hybridized carbons (Fsp3) is 0.0556. The van der Waals surface area contributed by atoms with Crippen LogP contribution in [-0.4, -0.2) is 23.0 Å². The summed E-state index contributed by atoms with van der Waals surface area (Å²) in [4.78, 5) is 19.6. The molecule has 27 heavy (non-hydrogen) atoms. The standard InChI is InChI=1S/C18H14Cl2N4O3/c1-26-18(25)10-2-5-12(6-3-10)27-17-15(21)16(22-9-23-17)24-14-7-4-11(19)8-13(14)20/h2-9H,21H2,1H3,(H,22,23,24). The smallest absolute Gasteiger partial charge is 0.337 e. The van der Waals surface area contributed by atoms with Gasteiger partial charge in [-0.15, -0.1) is 0 Å². The van der Waals surface area contributed by atoms with Crippen LogP contribution in [0.2, 0.25) is 10.0 Å². The summed E-state index contributed by atoms with van der Waals surface area (Å²) in [5, 5.41) is 3.95. The fourth-order valence-electron chi connectivity index (χ4n) is 2.17. The summed E-state index contributed by atoms with van der Waals surface area (Å²) in [7, 11) is 1.32. The van der Waals surface area contributed by atoms with Gasteiger partial charge in [-0.1, -0.05) is 23.2 Å². The third-order valence-electron chi connectivity index (χ3n) is 3.52. The molecule has 0 saturated carbocycles. The van der Waals surface area contributed by atoms with E-state index in [2.05, 4.69) is 20.0 Å². The Kier molecular flexibility index (Phi) is 5.63. The quantitative estimate of drug-likeness (QED) is 0.594. The monoisotopic (exact) mass is 404 g/mol. The first kappa shape index (κ1) is 18.8. The van der Waals surface area contributed by atoms with Crippen LogP contribution in [0.25, 0.3) is 0 Å². The van der Waals surface area contributed by atoms with Crippen molar-refractivity contribution in [3.8, 4) is 11.6 Å². The van der Waals surface area contributed by atoms with Crippen molar-refractivity contribution in [1.82, 2.24) is 9.97 Å². The zero-order valence-corrected chi connectivity index (χ0v) is 15.6. The van der Waals surface area contributed by atoms with Gasteiger partial charge in [-0.2, -0.15) is 4.98 Å². The van der Waals surface area contributed by atoms with Gasteiger partial charge in [-0.3, -0.25) is 0 Å². The fourth-order valence-corrected chi connectivity index (χ4v) is 2.62. The number of carbonyl (C=O) groups excluding carboxylic acids is 1. The lowest BCUT2D eigenvalue weighted by atomic mass is 10.2. The summed E-state index contributed by atoms with van der Waals surface area (Å²) >= 11 is 12.0. The molecule has 3 N–H and O–H groups in total. The molecule has 1 heterocycles. The zero-order chi connectivity index (χ0) is 19.4. The van der Waals surface area contributed by atoms with Crippen molar-refractivity contribution in [3.63, 3.8) is 0 Å². The van der Waals surface area contributed by atoms with Gasteiger partial charge in [0.1, 0.15) is 17.8 Å². The number of hydrogen-bond donors (Lipinski definition) is 2. The van der Waals surface area contributed by atoms with E-state index in [0.717, 1.165) is 0 Å². The van der Waals surface area contributed by atoms with Crippen LogP contribution in [0.4, 0.5) is 17.2 Å². The van der Waals surface area contributed by atoms with Gasteiger partial charge in [0.25, 0.3) is 0 Å². The molecule has 0 radical (unpaired) electrons. The van der Waals surface area contributed by atoms with Crippen LogP contribution in [0.1, 0.15) is 10.4 Å². The van der Waals surface area contributed by atoms with Crippen LogP contribution < -0.4 is 15.8 Å². The molecule has 0 aliphatic rings. The molecule has 0 spiro atoms. The molecule has 0 fully saturated rings. The summed E-state index contributed by atoms with van der Waals surface area (Å²) in [6.07, 6.45) is 1.31. The molecule has 0 aliphatic carbocycles. The Morgan fingerprint density at radius 3 is 2.52 bits per heavy atom. The predicted molar refractivity (Wildman–Crippen MR) is 104 cm³/mol. The van der Waals surface area contributed by atoms with E-state index in [0.29, 0.717) is 32.9 Å². The number of nitrogens with one attached hydrogen (secondary N) is 1. The highest BCUT2D eigenvalue weighted by Gasteiger charge is 2.13. The lowest BCUT2D eigenvalue weighted by molar-refractivity contribution is 0.0600. The number of ether oxygens (including phenoxy) is 2. The first-order valence-electron chi connectivity index (χ1n) is 7.66. The highest BCUT2D eigenvalue weighted by molar-refractivity contribution is 6.36. The molecule has 1 aromatic heterocycles. The largest absolute Gasteiger partial charge is 0.465 e. The minimum Gasteiger partial charge on any atom is -0.465 e. The van der Waals surface area contributed by atoms with Gasteiger partial charge < -0.3 is 20.5 Å². The maximum absolute atomic E-state index is 11.5. The molecular weight excluding hydrogens is 391 g/mol. The Morgan fingerprint density at radius 2 is 1.85 bits per heavy atom. The van der Waals surface area contributed by atoms with Crippen LogP contribution in [0.5, 0.6) is 11.6 Å². The number of carbonyl (C=O) groups is 1. The molecule has 0 aliphatic heterocycles. The Bertz CT molecular complexity index is 981. The van der Waals surface area contributed by atoms with E-state index >= 15 is 0 Å². The Morgan fingerprint density at radius 1 is 1.11 bits per heavy atom. The molecular formula is C18H14Cl2N4O3. The number of nitrogens with two attached hydrogens (primary N) is 1. The van der Waals surface area contributed by atoms with Crippen LogP contribution in [0.15, 0.2) is 48.8 Å². The summed E-state index contributed by atoms with van der Waals surface area (Å²) in [6.45, 7) is 0. The Balaban J connectivity index is 1.81. The van der Waals surface area contributed by atoms with Gasteiger partial charge in [0, 0.05) is 5.02 Å². The summed E-state index contributed by atoms with van der Waals surface area (Å²) < 4.78 is 10.3. The second-order valence-corrected chi connectivity index (χ2v) is 6.15. The number of nitrogens with zero attached hydrogens (tertiary/aromatic N) is 2. The van der Waals surface area contributed by atoms with E-state index < -0.39 is 5.97 Å². The van der Waals surface area contributed by atoms with Gasteiger partial charge >= 0.3 is 5.97 Å². The number of halogens is 2. The topological polar surface area (TPSA) is 99.4 Å². The van der Waals surface area contributed by atoms with Crippen molar-refractivity contribution in [3.05, 3.63) is 64.4 Å². The van der Waals surface area contributed by atoms with E-state index in [1.165, 1.54) is 13.4 Å². The molecule has 9 heteroatoms. The lowest BCUT2D eigenvalue weighted by Gasteiger charge is -2.13. The van der Waals surface area contributed by atoms with Gasteiger partial charge in [-0.25, -0.2) is 9.78 Å². The van der Waals surface area contributed by atoms with E-state index in [1.807, 2.05) is 0 Å². The number of anilines is 3. The van der Waals surface area contributed by atoms with Crippen molar-refractivity contribution in [2.75, 3.05) is 18.2 Å². The predicted octanol–water partition coefficient (Wildman–Crippen LogP) is 4.69. The van der Waals surface area contributed by atoms with Crippen molar-refractivity contribution in [2.24, 2.45) is 0 Å². The number of rotatable bonds is 5. The average molecular weight is 405 g/mol. The van der Waals surface area contributed by atoms with Crippen molar-refractivity contribution in [2.45, 2.75) is 0 Å². The van der Waals surface area contributed by atoms with Gasteiger partial charge in [0.05, 0.1) is 23.4 Å². The van der Waals surface area contributed by atoms with Gasteiger partial charge in [0.15, 0.2) is 5.82 Å². The minimum absolute atomic E-state index is 0.156. The van der Waals surface area contributed by atoms with Gasteiger partial charge in [-0.05, 0) is 42.5 Å². The van der Waals surface area contributed by atoms with Crippen molar-refractivity contribution < 1.29 is 14.3 Å². The summed E-state index contributed by atoms with van der Waals surface area (Å²) in [5.41, 5.74) is 7.28. The Labute approximate surface area is 165 Å². The van der Waals surface area contributed by atoms with Crippen LogP contribution in [0, 0.1) is 0 Å². The van der Waals surface area contributed by atoms with Gasteiger partial charge in [0.2, 0.25) is 5.88 Å². The minimum atomic E-state index is -0.436. The molecule has 138 valence electrons. The van der Waals surface area contributed by atoms with Crippen LogP contribution >= 0.6 is 23.2 Å². The molecule has 3 aromatic rings. The van der Waals surface area contributed by atoms with Crippen molar-refractivity contribution in [1.29, 1.82) is 0 Å². The highest BCUT2D eigenvalue weighted by Crippen LogP contribution is 2.33. The average Bonchev–Trinajstić information content (AvgIpc) is 2.67. The molecule has 0 amide bonds. The second kappa shape index (κ2) is 8.11. The number of hydrogen-bond acceptors (Lipinski definition) is 7. The van der Waals surface area contributed by atoms with Crippen LogP contribution in [-0.2, 0) is 4.74 Å². The number of nitrogen functional groups attached to an aromatic ring is 1. The lowest BCUT2D eigenvalue weighted by Crippen LogP contribution is -2.04. The first-order chi connectivity index (χ1) is 13.0. The van der Waals surface area contributed by atoms with E-state index in [9.17, 15) is 4.79 Å². The third kappa shape index (κ3) is 4.39. The SMILES string of the molecule is COC(=O)c1ccc(Oc2ncnc(Nc3ccc(Cl)cc3Cl)c2N)cc1. The first-order valence-corrected chi connectivity index (χ1v) is 8.42. The highest BCUT2D eigenvalue weighted by atomic mass is 35.5. The summed E-state index contributed by atoms with van der Waals surface area (Å²) in [5.74, 6) is 0.497. The maximum Gasteiger partial charge on any atom is 0.337 e. The third-order valence-corrected chi connectivity index (χ3v) is 4.07. The zero-order valence-electron chi connectivity index (χ0n) is 14.1. The number of benzene rings is 2. The number of aromatic nitrogens is 2. The molecule has 0 saturated heterocycles. The molecule has 3 rings (SSSR count). The van der Waals surface area contributed by atoms with E-state index in [4.69, 9.17) is 33.7 Å². The second-order valence-electron chi connectivity index (χ2n) is 5.31. The van der Waals surface area contributed by atoms with Crippen molar-refractivity contribution >= 4 is 46.4 Å². The maximum atomic E-state index is 11.5. The molecule has 0 atom stereocenters. The molecule has 2 aromatic carbocycles. The summed E-state index contributed by atoms with van der Waals surface area (Å²) in [6, 6.07) is 11.4. The van der Waals surface area contributed by atoms with E-state index in [-0.39, 0.29) is 11.6 Å². The molecule has 0 bridgehead atoms. The number of methoxy groups -OCH3 is 1. The number of esters is 1. The normalized spacial score (nSPS) is 10.3. The van der Waals surface area contributed by atoms with Crippen LogP contribution in [0.3, 0.4) is 0 Å². The molecule has 0 unspecified atom stereocenters. The Hall–Kier alpha value is -3.03. The molecule has 7 nitrogen and oxygen atoms in total.